The Balaban J connectivity index is 0.000000753. The van der Waals surface area contributed by atoms with Crippen molar-refractivity contribution in [1.82, 2.24) is 4.90 Å². The van der Waals surface area contributed by atoms with Gasteiger partial charge >= 0.3 is 18.0 Å². The minimum absolute atomic E-state index is 0.0466. The van der Waals surface area contributed by atoms with Crippen LogP contribution in [0.5, 0.6) is 5.75 Å². The van der Waals surface area contributed by atoms with Gasteiger partial charge in [-0.2, -0.15) is 0 Å². The number of benzene rings is 3. The molecular formula is C37H43FN4O8. The number of carboxylic acid groups (broad SMARTS) is 2. The predicted octanol–water partition coefficient (Wildman–Crippen LogP) is 5.47. The van der Waals surface area contributed by atoms with Gasteiger partial charge in [0.2, 0.25) is 0 Å². The average Bonchev–Trinajstić information content (AvgIpc) is 3.07. The van der Waals surface area contributed by atoms with Crippen LogP contribution in [0.25, 0.3) is 0 Å². The molecule has 4 N–H and O–H groups in total. The van der Waals surface area contributed by atoms with E-state index in [9.17, 15) is 28.4 Å². The number of halogens is 1. The van der Waals surface area contributed by atoms with Gasteiger partial charge in [0, 0.05) is 53.5 Å². The molecule has 50 heavy (non-hydrogen) atoms. The fourth-order valence-electron chi connectivity index (χ4n) is 5.59. The highest BCUT2D eigenvalue weighted by Crippen LogP contribution is 2.31. The Hall–Kier alpha value is -5.56. The van der Waals surface area contributed by atoms with E-state index >= 15 is 0 Å². The number of ether oxygens (including phenoxy) is 1. The smallest absolute Gasteiger partial charge is 0.328 e. The molecule has 3 amide bonds. The number of ketones is 1. The predicted molar refractivity (Wildman–Crippen MR) is 187 cm³/mol. The van der Waals surface area contributed by atoms with Crippen LogP contribution in [0.15, 0.2) is 84.9 Å². The molecule has 1 heterocycles. The van der Waals surface area contributed by atoms with Crippen LogP contribution < -0.4 is 20.3 Å². The molecule has 0 saturated carbocycles. The number of amides is 3. The molecular weight excluding hydrogens is 647 g/mol. The number of primary amides is 1. The summed E-state index contributed by atoms with van der Waals surface area (Å²) < 4.78 is 18.9. The highest BCUT2D eigenvalue weighted by molar-refractivity contribution is 6.07. The van der Waals surface area contributed by atoms with Crippen LogP contribution in [-0.4, -0.2) is 83.6 Å². The first-order valence-corrected chi connectivity index (χ1v) is 15.9. The van der Waals surface area contributed by atoms with Crippen LogP contribution in [0, 0.1) is 11.7 Å². The second-order valence-electron chi connectivity index (χ2n) is 12.5. The number of rotatable bonds is 11. The van der Waals surface area contributed by atoms with Crippen molar-refractivity contribution in [3.05, 3.63) is 102 Å². The quantitative estimate of drug-likeness (QED) is 0.174. The Morgan fingerprint density at radius 1 is 0.880 bits per heavy atom. The van der Waals surface area contributed by atoms with Gasteiger partial charge in [-0.15, -0.1) is 0 Å². The number of nitrogens with two attached hydrogens (primary N) is 1. The van der Waals surface area contributed by atoms with Crippen molar-refractivity contribution in [2.75, 3.05) is 43.1 Å². The van der Waals surface area contributed by atoms with Gasteiger partial charge in [-0.3, -0.25) is 14.5 Å². The minimum Gasteiger partial charge on any atom is -0.495 e. The first kappa shape index (κ1) is 38.9. The topological polar surface area (TPSA) is 171 Å². The highest BCUT2D eigenvalue weighted by atomic mass is 19.1. The number of piperidine rings is 1. The maximum Gasteiger partial charge on any atom is 0.328 e. The lowest BCUT2D eigenvalue weighted by atomic mass is 9.89. The number of methoxy groups -OCH3 is 1. The molecule has 0 radical (unpaired) electrons. The van der Waals surface area contributed by atoms with Gasteiger partial charge < -0.3 is 30.5 Å². The van der Waals surface area contributed by atoms with Gasteiger partial charge in [0.15, 0.2) is 5.78 Å². The van der Waals surface area contributed by atoms with Gasteiger partial charge in [-0.1, -0.05) is 12.1 Å². The van der Waals surface area contributed by atoms with Crippen molar-refractivity contribution in [2.24, 2.45) is 11.7 Å². The van der Waals surface area contributed by atoms with E-state index in [1.54, 1.807) is 48.4 Å². The maximum atomic E-state index is 13.9. The molecule has 1 saturated heterocycles. The van der Waals surface area contributed by atoms with Gasteiger partial charge in [0.1, 0.15) is 11.6 Å². The number of carboxylic acids is 2. The summed E-state index contributed by atoms with van der Waals surface area (Å²) in [6, 6.07) is 19.4. The van der Waals surface area contributed by atoms with Gasteiger partial charge in [0.25, 0.3) is 5.91 Å². The molecule has 3 aromatic rings. The van der Waals surface area contributed by atoms with E-state index in [1.165, 1.54) is 17.0 Å². The van der Waals surface area contributed by atoms with Crippen molar-refractivity contribution >= 4 is 41.0 Å². The summed E-state index contributed by atoms with van der Waals surface area (Å²) in [5.41, 5.74) is 7.37. The second kappa shape index (κ2) is 17.7. The maximum absolute atomic E-state index is 13.9. The van der Waals surface area contributed by atoms with Crippen LogP contribution in [0.3, 0.4) is 0 Å². The number of hydrogen-bond donors (Lipinski definition) is 3. The van der Waals surface area contributed by atoms with Crippen molar-refractivity contribution in [3.8, 4) is 5.75 Å². The Labute approximate surface area is 290 Å². The first-order chi connectivity index (χ1) is 23.6. The van der Waals surface area contributed by atoms with E-state index in [0.717, 1.165) is 13.1 Å². The summed E-state index contributed by atoms with van der Waals surface area (Å²) in [7, 11) is 1.57. The number of carbonyl (C=O) groups excluding carboxylic acids is 3. The molecule has 0 bridgehead atoms. The lowest BCUT2D eigenvalue weighted by Crippen LogP contribution is -2.48. The zero-order chi connectivity index (χ0) is 37.0. The van der Waals surface area contributed by atoms with Crippen LogP contribution in [0.4, 0.5) is 20.6 Å². The van der Waals surface area contributed by atoms with Crippen LogP contribution in [0.2, 0.25) is 0 Å². The third-order valence-electron chi connectivity index (χ3n) is 7.98. The largest absolute Gasteiger partial charge is 0.495 e. The average molecular weight is 691 g/mol. The summed E-state index contributed by atoms with van der Waals surface area (Å²) in [6.07, 6.45) is 2.51. The lowest BCUT2D eigenvalue weighted by Gasteiger charge is -2.34. The Morgan fingerprint density at radius 3 is 1.92 bits per heavy atom. The number of anilines is 2. The summed E-state index contributed by atoms with van der Waals surface area (Å²) >= 11 is 0. The van der Waals surface area contributed by atoms with Crippen molar-refractivity contribution in [3.63, 3.8) is 0 Å². The number of likely N-dealkylation sites (tertiary alicyclic amines) is 1. The fourth-order valence-corrected chi connectivity index (χ4v) is 5.59. The van der Waals surface area contributed by atoms with E-state index in [1.807, 2.05) is 45.0 Å². The SMILES string of the molecule is COc1ccccc1N(CCN1CCC(C(=O)c2ccc(F)cc2)CC1)C(=O)c1ccc(N(C(N)=O)C(C)(C)C)cc1.O=C(O)/C=C/C(=O)O. The lowest BCUT2D eigenvalue weighted by molar-refractivity contribution is -0.134. The number of para-hydroxylation sites is 2. The number of hydrogen-bond acceptors (Lipinski definition) is 7. The van der Waals surface area contributed by atoms with E-state index in [2.05, 4.69) is 4.90 Å². The molecule has 1 fully saturated rings. The molecule has 1 aliphatic rings. The molecule has 1 aliphatic heterocycles. The van der Waals surface area contributed by atoms with Gasteiger partial charge in [-0.25, -0.2) is 18.8 Å². The van der Waals surface area contributed by atoms with Crippen molar-refractivity contribution in [2.45, 2.75) is 39.2 Å². The molecule has 0 spiro atoms. The monoisotopic (exact) mass is 690 g/mol. The molecule has 3 aromatic carbocycles. The Kier molecular flexibility index (Phi) is 13.8. The normalized spacial score (nSPS) is 13.5. The summed E-state index contributed by atoms with van der Waals surface area (Å²) in [6.45, 7) is 8.13. The molecule has 0 aliphatic carbocycles. The highest BCUT2D eigenvalue weighted by Gasteiger charge is 2.29. The van der Waals surface area contributed by atoms with E-state index in [0.29, 0.717) is 66.3 Å². The number of urea groups is 1. The fraction of sp³-hybridized carbons (Fsp3) is 0.324. The van der Waals surface area contributed by atoms with Crippen molar-refractivity contribution in [1.29, 1.82) is 0 Å². The third kappa shape index (κ3) is 11.0. The number of aliphatic carboxylic acids is 2. The molecule has 12 nitrogen and oxygen atoms in total. The molecule has 4 rings (SSSR count). The van der Waals surface area contributed by atoms with Crippen LogP contribution in [-0.2, 0) is 9.59 Å². The first-order valence-electron chi connectivity index (χ1n) is 15.9. The van der Waals surface area contributed by atoms with E-state index < -0.39 is 23.5 Å². The molecule has 0 atom stereocenters. The molecule has 266 valence electrons. The minimum atomic E-state index is -1.26. The second-order valence-corrected chi connectivity index (χ2v) is 12.5. The van der Waals surface area contributed by atoms with Crippen LogP contribution >= 0.6 is 0 Å². The third-order valence-corrected chi connectivity index (χ3v) is 7.98. The van der Waals surface area contributed by atoms with Gasteiger partial charge in [0.05, 0.1) is 12.8 Å². The number of carbonyl (C=O) groups is 5. The van der Waals surface area contributed by atoms with Gasteiger partial charge in [-0.05, 0) is 107 Å². The summed E-state index contributed by atoms with van der Waals surface area (Å²) in [5, 5.41) is 15.6. The summed E-state index contributed by atoms with van der Waals surface area (Å²) in [4.78, 5) is 63.5. The van der Waals surface area contributed by atoms with Crippen molar-refractivity contribution < 1.29 is 43.3 Å². The molecule has 0 unspecified atom stereocenters. The van der Waals surface area contributed by atoms with E-state index in [-0.39, 0.29) is 23.4 Å². The van der Waals surface area contributed by atoms with Crippen LogP contribution in [0.1, 0.15) is 54.3 Å². The number of nitrogens with zero attached hydrogens (tertiary/aromatic N) is 3. The molecule has 0 aromatic heterocycles. The summed E-state index contributed by atoms with van der Waals surface area (Å²) in [5.74, 6) is -2.55. The van der Waals surface area contributed by atoms with E-state index in [4.69, 9.17) is 20.7 Å². The standard InChI is InChI=1S/C33H39FN4O4.C4H4O4/c1-33(2,3)38(32(35)41)27-15-11-25(12-16-27)31(40)37(28-7-5-6-8-29(28)42-4)22-21-36-19-17-24(18-20-36)30(39)23-9-13-26(34)14-10-23;5-3(6)1-2-4(7)8/h5-16,24H,17-22H2,1-4H3,(H2,35,41);1-2H,(H,5,6)(H,7,8)/b;2-1+. The number of Topliss-reactive ketones (excluding diaryl/α,β-unsaturated/α-hetero) is 1. The Bertz CT molecular complexity index is 1660. The Morgan fingerprint density at radius 2 is 1.42 bits per heavy atom. The zero-order valence-corrected chi connectivity index (χ0v) is 28.5. The molecule has 13 heteroatoms. The zero-order valence-electron chi connectivity index (χ0n) is 28.5.